The van der Waals surface area contributed by atoms with E-state index in [9.17, 15) is 5.11 Å². The van der Waals surface area contributed by atoms with E-state index < -0.39 is 5.60 Å². The molecule has 1 saturated heterocycles. The molecule has 16 heavy (non-hydrogen) atoms. The number of hydrogen-bond acceptors (Lipinski definition) is 2. The molecule has 0 bridgehead atoms. The molecule has 0 radical (unpaired) electrons. The molecule has 0 aliphatic carbocycles. The molecule has 0 spiro atoms. The summed E-state index contributed by atoms with van der Waals surface area (Å²) in [4.78, 5) is 0. The van der Waals surface area contributed by atoms with Crippen molar-refractivity contribution in [3.8, 4) is 0 Å². The highest BCUT2D eigenvalue weighted by Gasteiger charge is 2.34. The number of fused-ring (bicyclic) bond motifs is 1. The zero-order valence-corrected chi connectivity index (χ0v) is 9.40. The molecule has 3 rings (SSSR count). The Labute approximate surface area is 94.7 Å². The van der Waals surface area contributed by atoms with Crippen molar-refractivity contribution in [2.75, 3.05) is 13.1 Å². The van der Waals surface area contributed by atoms with E-state index in [1.54, 1.807) is 0 Å². The molecule has 0 amide bonds. The molecular formula is C13H16N2O. The Kier molecular flexibility index (Phi) is 2.06. The second-order valence-corrected chi connectivity index (χ2v) is 4.79. The Morgan fingerprint density at radius 1 is 1.38 bits per heavy atom. The van der Waals surface area contributed by atoms with Gasteiger partial charge in [0.1, 0.15) is 0 Å². The maximum atomic E-state index is 10.2. The molecule has 3 nitrogen and oxygen atoms in total. The van der Waals surface area contributed by atoms with Crippen LogP contribution in [0.2, 0.25) is 0 Å². The molecular weight excluding hydrogens is 200 g/mol. The van der Waals surface area contributed by atoms with Crippen LogP contribution in [-0.2, 0) is 13.5 Å². The number of rotatable bonds is 2. The molecule has 84 valence electrons. The van der Waals surface area contributed by atoms with E-state index in [0.29, 0.717) is 13.1 Å². The fourth-order valence-corrected chi connectivity index (χ4v) is 2.46. The molecule has 1 fully saturated rings. The number of aromatic nitrogens is 1. The number of para-hydroxylation sites is 1. The summed E-state index contributed by atoms with van der Waals surface area (Å²) in [5.41, 5.74) is 1.93. The molecule has 2 aromatic rings. The summed E-state index contributed by atoms with van der Waals surface area (Å²) in [5, 5.41) is 14.5. The van der Waals surface area contributed by atoms with Gasteiger partial charge in [-0.2, -0.15) is 0 Å². The smallest absolute Gasteiger partial charge is 0.0935 e. The minimum absolute atomic E-state index is 0.538. The molecule has 2 N–H and O–H groups in total. The molecule has 1 aromatic heterocycles. The number of nitrogens with zero attached hydrogens (tertiary/aromatic N) is 1. The van der Waals surface area contributed by atoms with Crippen LogP contribution in [0.5, 0.6) is 0 Å². The second kappa shape index (κ2) is 3.34. The predicted octanol–water partition coefficient (Wildman–Crippen LogP) is 1.06. The highest BCUT2D eigenvalue weighted by molar-refractivity contribution is 5.84. The van der Waals surface area contributed by atoms with E-state index in [2.05, 4.69) is 41.3 Å². The van der Waals surface area contributed by atoms with Crippen molar-refractivity contribution in [2.24, 2.45) is 7.05 Å². The fraction of sp³-hybridized carbons (Fsp3) is 0.385. The van der Waals surface area contributed by atoms with Crippen LogP contribution in [0.3, 0.4) is 0 Å². The van der Waals surface area contributed by atoms with Gasteiger partial charge in [-0.3, -0.25) is 0 Å². The third-order valence-electron chi connectivity index (χ3n) is 3.41. The van der Waals surface area contributed by atoms with Crippen molar-refractivity contribution in [1.82, 2.24) is 9.88 Å². The zero-order chi connectivity index (χ0) is 11.2. The van der Waals surface area contributed by atoms with Gasteiger partial charge in [-0.1, -0.05) is 18.2 Å². The van der Waals surface area contributed by atoms with Crippen molar-refractivity contribution in [2.45, 2.75) is 12.0 Å². The Balaban J connectivity index is 2.03. The Hall–Kier alpha value is -1.32. The van der Waals surface area contributed by atoms with Crippen LogP contribution in [-0.4, -0.2) is 28.4 Å². The maximum absolute atomic E-state index is 10.2. The largest absolute Gasteiger partial charge is 0.387 e. The summed E-state index contributed by atoms with van der Waals surface area (Å²) >= 11 is 0. The first kappa shape index (κ1) is 9.87. The van der Waals surface area contributed by atoms with Gasteiger partial charge in [0.25, 0.3) is 0 Å². The highest BCUT2D eigenvalue weighted by Crippen LogP contribution is 2.25. The lowest BCUT2D eigenvalue weighted by Gasteiger charge is -2.37. The average molecular weight is 216 g/mol. The molecule has 3 heteroatoms. The summed E-state index contributed by atoms with van der Waals surface area (Å²) in [6, 6.07) is 8.34. The van der Waals surface area contributed by atoms with Crippen molar-refractivity contribution in [3.63, 3.8) is 0 Å². The third kappa shape index (κ3) is 1.44. The van der Waals surface area contributed by atoms with Gasteiger partial charge in [0.05, 0.1) is 5.60 Å². The number of nitrogens with one attached hydrogen (secondary N) is 1. The molecule has 1 aliphatic heterocycles. The van der Waals surface area contributed by atoms with Crippen molar-refractivity contribution in [1.29, 1.82) is 0 Å². The van der Waals surface area contributed by atoms with Crippen LogP contribution < -0.4 is 5.32 Å². The second-order valence-electron chi connectivity index (χ2n) is 4.79. The SMILES string of the molecule is Cn1cc(CC2(O)CNC2)c2ccccc21. The lowest BCUT2D eigenvalue weighted by atomic mass is 9.89. The minimum atomic E-state index is -0.538. The molecule has 0 unspecified atom stereocenters. The number of aryl methyl sites for hydroxylation is 1. The van der Waals surface area contributed by atoms with Crippen LogP contribution >= 0.6 is 0 Å². The summed E-state index contributed by atoms with van der Waals surface area (Å²) < 4.78 is 2.13. The Bertz CT molecular complexity index is 526. The van der Waals surface area contributed by atoms with Crippen LogP contribution in [0.25, 0.3) is 10.9 Å². The normalized spacial score (nSPS) is 18.6. The van der Waals surface area contributed by atoms with E-state index in [0.717, 1.165) is 6.42 Å². The molecule has 0 saturated carbocycles. The lowest BCUT2D eigenvalue weighted by Crippen LogP contribution is -2.60. The number of β-amino-alcohol motifs (C(OH)–C–C–N with tert-alkyl or cyclic N) is 1. The molecule has 1 aromatic carbocycles. The maximum Gasteiger partial charge on any atom is 0.0935 e. The van der Waals surface area contributed by atoms with Gasteiger partial charge in [-0.15, -0.1) is 0 Å². The van der Waals surface area contributed by atoms with Crippen LogP contribution in [0, 0.1) is 0 Å². The van der Waals surface area contributed by atoms with Gasteiger partial charge in [0.2, 0.25) is 0 Å². The average Bonchev–Trinajstić information content (AvgIpc) is 2.55. The summed E-state index contributed by atoms with van der Waals surface area (Å²) in [6.07, 6.45) is 2.86. The fourth-order valence-electron chi connectivity index (χ4n) is 2.46. The Morgan fingerprint density at radius 3 is 2.81 bits per heavy atom. The first-order chi connectivity index (χ1) is 7.68. The van der Waals surface area contributed by atoms with Gasteiger partial charge in [-0.25, -0.2) is 0 Å². The monoisotopic (exact) mass is 216 g/mol. The molecule has 0 atom stereocenters. The quantitative estimate of drug-likeness (QED) is 0.787. The number of benzene rings is 1. The first-order valence-corrected chi connectivity index (χ1v) is 5.64. The number of hydrogen-bond donors (Lipinski definition) is 2. The lowest BCUT2D eigenvalue weighted by molar-refractivity contribution is -0.00877. The number of aliphatic hydroxyl groups is 1. The first-order valence-electron chi connectivity index (χ1n) is 5.64. The van der Waals surface area contributed by atoms with Gasteiger partial charge < -0.3 is 15.0 Å². The molecule has 1 aliphatic rings. The topological polar surface area (TPSA) is 37.2 Å². The minimum Gasteiger partial charge on any atom is -0.387 e. The van der Waals surface area contributed by atoms with E-state index >= 15 is 0 Å². The van der Waals surface area contributed by atoms with E-state index in [-0.39, 0.29) is 0 Å². The van der Waals surface area contributed by atoms with Gasteiger partial charge in [-0.05, 0) is 11.6 Å². The van der Waals surface area contributed by atoms with Crippen molar-refractivity contribution in [3.05, 3.63) is 36.0 Å². The van der Waals surface area contributed by atoms with Gasteiger partial charge >= 0.3 is 0 Å². The predicted molar refractivity (Wildman–Crippen MR) is 64.4 cm³/mol. The standard InChI is InChI=1S/C13H16N2O/c1-15-7-10(6-13(16)8-14-9-13)11-4-2-3-5-12(11)15/h2-5,7,14,16H,6,8-9H2,1H3. The van der Waals surface area contributed by atoms with E-state index in [1.807, 2.05) is 6.07 Å². The summed E-state index contributed by atoms with van der Waals surface area (Å²) in [5.74, 6) is 0. The van der Waals surface area contributed by atoms with Crippen molar-refractivity contribution >= 4 is 10.9 Å². The van der Waals surface area contributed by atoms with Gasteiger partial charge in [0.15, 0.2) is 0 Å². The van der Waals surface area contributed by atoms with E-state index in [1.165, 1.54) is 16.5 Å². The van der Waals surface area contributed by atoms with E-state index in [4.69, 9.17) is 0 Å². The van der Waals surface area contributed by atoms with Crippen LogP contribution in [0.15, 0.2) is 30.5 Å². The third-order valence-corrected chi connectivity index (χ3v) is 3.41. The van der Waals surface area contributed by atoms with Crippen LogP contribution in [0.4, 0.5) is 0 Å². The summed E-state index contributed by atoms with van der Waals surface area (Å²) in [7, 11) is 2.05. The molecule has 2 heterocycles. The van der Waals surface area contributed by atoms with Gasteiger partial charge in [0, 0.05) is 43.7 Å². The Morgan fingerprint density at radius 2 is 2.12 bits per heavy atom. The summed E-state index contributed by atoms with van der Waals surface area (Å²) in [6.45, 7) is 1.41. The zero-order valence-electron chi connectivity index (χ0n) is 9.40. The van der Waals surface area contributed by atoms with Crippen LogP contribution in [0.1, 0.15) is 5.56 Å². The highest BCUT2D eigenvalue weighted by atomic mass is 16.3. The van der Waals surface area contributed by atoms with Crippen molar-refractivity contribution < 1.29 is 5.11 Å².